The fourth-order valence-corrected chi connectivity index (χ4v) is 4.29. The molecule has 1 atom stereocenters. The van der Waals surface area contributed by atoms with Crippen LogP contribution < -0.4 is 0 Å². The van der Waals surface area contributed by atoms with Gasteiger partial charge in [-0.1, -0.05) is 90.9 Å². The van der Waals surface area contributed by atoms with Crippen molar-refractivity contribution in [3.63, 3.8) is 0 Å². The van der Waals surface area contributed by atoms with Crippen LogP contribution in [0.15, 0.2) is 0 Å². The number of alkyl halides is 1. The number of hydrogen-bond acceptors (Lipinski definition) is 0. The fourth-order valence-electron chi connectivity index (χ4n) is 3.73. The van der Waals surface area contributed by atoms with Crippen LogP contribution in [0.1, 0.15) is 117 Å². The summed E-state index contributed by atoms with van der Waals surface area (Å²) in [4.78, 5) is 0. The molecular formula is C24H47IN+. The Bertz CT molecular complexity index is 314. The van der Waals surface area contributed by atoms with Crippen LogP contribution in [-0.4, -0.2) is 28.7 Å². The second-order valence-electron chi connectivity index (χ2n) is 8.38. The van der Waals surface area contributed by atoms with Gasteiger partial charge in [0.1, 0.15) is 0 Å². The number of halogens is 1. The SMILES string of the molecule is C#CC(I)[N+](C)(CCCCCCCCCC)CCCCCCCCCC. The van der Waals surface area contributed by atoms with E-state index < -0.39 is 0 Å². The van der Waals surface area contributed by atoms with Gasteiger partial charge in [0, 0.05) is 22.6 Å². The Morgan fingerprint density at radius 1 is 0.654 bits per heavy atom. The van der Waals surface area contributed by atoms with Gasteiger partial charge >= 0.3 is 0 Å². The van der Waals surface area contributed by atoms with Crippen molar-refractivity contribution < 1.29 is 4.48 Å². The second-order valence-corrected chi connectivity index (χ2v) is 9.56. The molecule has 0 amide bonds. The molecule has 154 valence electrons. The van der Waals surface area contributed by atoms with Gasteiger partial charge in [-0.05, 0) is 31.6 Å². The minimum Gasteiger partial charge on any atom is -0.305 e. The summed E-state index contributed by atoms with van der Waals surface area (Å²) in [6, 6.07) is 0. The summed E-state index contributed by atoms with van der Waals surface area (Å²) in [5.74, 6) is 3.01. The highest BCUT2D eigenvalue weighted by atomic mass is 127. The third-order valence-electron chi connectivity index (χ3n) is 5.73. The quantitative estimate of drug-likeness (QED) is 0.0441. The van der Waals surface area contributed by atoms with Gasteiger partial charge in [0.25, 0.3) is 0 Å². The van der Waals surface area contributed by atoms with E-state index >= 15 is 0 Å². The van der Waals surface area contributed by atoms with Crippen molar-refractivity contribution in [2.45, 2.75) is 121 Å². The van der Waals surface area contributed by atoms with Gasteiger partial charge in [0.05, 0.1) is 20.1 Å². The van der Waals surface area contributed by atoms with Crippen LogP contribution in [0.2, 0.25) is 0 Å². The van der Waals surface area contributed by atoms with Gasteiger partial charge < -0.3 is 4.48 Å². The van der Waals surface area contributed by atoms with E-state index in [2.05, 4.69) is 49.4 Å². The summed E-state index contributed by atoms with van der Waals surface area (Å²) in [5, 5.41) is 0. The summed E-state index contributed by atoms with van der Waals surface area (Å²) in [6.45, 7) is 7.08. The number of nitrogens with zero attached hydrogens (tertiary/aromatic N) is 1. The van der Waals surface area contributed by atoms with Crippen molar-refractivity contribution in [1.82, 2.24) is 0 Å². The lowest BCUT2D eigenvalue weighted by Gasteiger charge is -2.37. The highest BCUT2D eigenvalue weighted by Gasteiger charge is 2.27. The molecule has 0 heterocycles. The zero-order valence-corrected chi connectivity index (χ0v) is 20.4. The van der Waals surface area contributed by atoms with Crippen molar-refractivity contribution in [1.29, 1.82) is 0 Å². The van der Waals surface area contributed by atoms with Crippen LogP contribution in [0.4, 0.5) is 0 Å². The zero-order valence-electron chi connectivity index (χ0n) is 18.2. The highest BCUT2D eigenvalue weighted by molar-refractivity contribution is 14.1. The predicted molar refractivity (Wildman–Crippen MR) is 128 cm³/mol. The molecular weight excluding hydrogens is 429 g/mol. The van der Waals surface area contributed by atoms with Crippen molar-refractivity contribution in [3.05, 3.63) is 0 Å². The van der Waals surface area contributed by atoms with E-state index in [9.17, 15) is 0 Å². The van der Waals surface area contributed by atoms with Crippen molar-refractivity contribution in [2.24, 2.45) is 0 Å². The van der Waals surface area contributed by atoms with Gasteiger partial charge in [-0.2, -0.15) is 0 Å². The minimum atomic E-state index is 0.321. The second kappa shape index (κ2) is 18.6. The van der Waals surface area contributed by atoms with E-state index in [1.54, 1.807) is 0 Å². The Kier molecular flexibility index (Phi) is 18.8. The maximum atomic E-state index is 5.78. The van der Waals surface area contributed by atoms with Gasteiger partial charge in [-0.3, -0.25) is 0 Å². The van der Waals surface area contributed by atoms with Crippen LogP contribution in [0.25, 0.3) is 0 Å². The Morgan fingerprint density at radius 2 is 0.962 bits per heavy atom. The van der Waals surface area contributed by atoms with E-state index in [4.69, 9.17) is 6.42 Å². The Hall–Kier alpha value is 0.250. The Balaban J connectivity index is 3.88. The number of unbranched alkanes of at least 4 members (excludes halogenated alkanes) is 14. The Morgan fingerprint density at radius 3 is 1.27 bits per heavy atom. The summed E-state index contributed by atoms with van der Waals surface area (Å²) in [5.41, 5.74) is 0. The first-order valence-electron chi connectivity index (χ1n) is 11.5. The molecule has 0 aromatic rings. The van der Waals surface area contributed by atoms with Gasteiger partial charge in [0.15, 0.2) is 4.05 Å². The summed E-state index contributed by atoms with van der Waals surface area (Å²) < 4.78 is 1.39. The monoisotopic (exact) mass is 476 g/mol. The zero-order chi connectivity index (χ0) is 19.5. The van der Waals surface area contributed by atoms with Gasteiger partial charge in [-0.25, -0.2) is 0 Å². The van der Waals surface area contributed by atoms with E-state index in [-0.39, 0.29) is 0 Å². The largest absolute Gasteiger partial charge is 0.305 e. The van der Waals surface area contributed by atoms with Gasteiger partial charge in [-0.15, -0.1) is 6.42 Å². The molecule has 0 rings (SSSR count). The molecule has 1 nitrogen and oxygen atoms in total. The summed E-state index contributed by atoms with van der Waals surface area (Å²) in [6.07, 6.45) is 28.1. The van der Waals surface area contributed by atoms with Crippen LogP contribution in [0, 0.1) is 12.3 Å². The minimum absolute atomic E-state index is 0.321. The lowest BCUT2D eigenvalue weighted by molar-refractivity contribution is -0.908. The van der Waals surface area contributed by atoms with Crippen molar-refractivity contribution >= 4 is 22.6 Å². The van der Waals surface area contributed by atoms with Gasteiger partial charge in [0.2, 0.25) is 0 Å². The molecule has 0 N–H and O–H groups in total. The standard InChI is InChI=1S/C24H47IN/c1-5-8-10-12-14-16-18-20-22-26(4,24(25)7-3)23-21-19-17-15-13-11-9-6-2/h3,24H,5-6,8-23H2,1-2,4H3/q+1. The molecule has 0 aliphatic heterocycles. The Labute approximate surface area is 179 Å². The third kappa shape index (κ3) is 14.3. The highest BCUT2D eigenvalue weighted by Crippen LogP contribution is 2.21. The number of rotatable bonds is 19. The molecule has 0 aromatic heterocycles. The molecule has 0 aliphatic carbocycles. The van der Waals surface area contributed by atoms with Crippen LogP contribution in [0.3, 0.4) is 0 Å². The van der Waals surface area contributed by atoms with Crippen LogP contribution in [0.5, 0.6) is 0 Å². The first-order chi connectivity index (χ1) is 12.6. The van der Waals surface area contributed by atoms with Crippen molar-refractivity contribution in [3.8, 4) is 12.3 Å². The van der Waals surface area contributed by atoms with E-state index in [1.165, 1.54) is 116 Å². The van der Waals surface area contributed by atoms with E-state index in [1.807, 2.05) is 0 Å². The molecule has 0 spiro atoms. The predicted octanol–water partition coefficient (Wildman–Crippen LogP) is 8.11. The third-order valence-corrected chi connectivity index (χ3v) is 7.43. The summed E-state index contributed by atoms with van der Waals surface area (Å²) in [7, 11) is 2.39. The molecule has 0 aromatic carbocycles. The lowest BCUT2D eigenvalue weighted by atomic mass is 10.1. The van der Waals surface area contributed by atoms with Crippen molar-refractivity contribution in [2.75, 3.05) is 20.1 Å². The van der Waals surface area contributed by atoms with E-state index in [0.29, 0.717) is 4.05 Å². The first kappa shape index (κ1) is 26.2. The topological polar surface area (TPSA) is 0 Å². The lowest BCUT2D eigenvalue weighted by Crippen LogP contribution is -2.50. The number of terminal acetylenes is 1. The fraction of sp³-hybridized carbons (Fsp3) is 0.917. The smallest absolute Gasteiger partial charge is 0.200 e. The molecule has 0 radical (unpaired) electrons. The summed E-state index contributed by atoms with van der Waals surface area (Å²) >= 11 is 2.49. The number of quaternary nitrogens is 1. The molecule has 0 saturated carbocycles. The molecule has 26 heavy (non-hydrogen) atoms. The number of hydrogen-bond donors (Lipinski definition) is 0. The molecule has 0 bridgehead atoms. The van der Waals surface area contributed by atoms with Crippen LogP contribution in [-0.2, 0) is 0 Å². The average Bonchev–Trinajstić information content (AvgIpc) is 2.65. The molecule has 0 saturated heterocycles. The molecule has 0 aliphatic rings. The van der Waals surface area contributed by atoms with E-state index in [0.717, 1.165) is 4.48 Å². The maximum absolute atomic E-state index is 5.78. The maximum Gasteiger partial charge on any atom is 0.200 e. The first-order valence-corrected chi connectivity index (χ1v) is 12.8. The average molecular weight is 477 g/mol. The van der Waals surface area contributed by atoms with Crippen LogP contribution >= 0.6 is 22.6 Å². The molecule has 1 unspecified atom stereocenters. The molecule has 2 heteroatoms. The molecule has 0 fully saturated rings. The normalized spacial score (nSPS) is 12.9.